The quantitative estimate of drug-likeness (QED) is 0.669. The van der Waals surface area contributed by atoms with Crippen molar-refractivity contribution in [2.75, 3.05) is 0 Å². The second-order valence-electron chi connectivity index (χ2n) is 7.00. The SMILES string of the molecule is CC(C)(C)CC(C)(C)NC(=O)c1ccc([N+](=O)[O-])c(Cl)c1. The minimum absolute atomic E-state index is 0.0405. The maximum absolute atomic E-state index is 12.2. The highest BCUT2D eigenvalue weighted by Gasteiger charge is 2.27. The van der Waals surface area contributed by atoms with E-state index < -0.39 is 4.92 Å². The number of carbonyl (C=O) groups is 1. The predicted molar refractivity (Wildman–Crippen MR) is 83.7 cm³/mol. The van der Waals surface area contributed by atoms with Crippen LogP contribution in [0.25, 0.3) is 0 Å². The summed E-state index contributed by atoms with van der Waals surface area (Å²) in [5, 5.41) is 13.6. The fourth-order valence-corrected chi connectivity index (χ4v) is 2.80. The molecule has 1 amide bonds. The summed E-state index contributed by atoms with van der Waals surface area (Å²) in [5.41, 5.74) is -0.206. The van der Waals surface area contributed by atoms with Gasteiger partial charge in [-0.25, -0.2) is 0 Å². The molecule has 0 aliphatic rings. The molecule has 1 N–H and O–H groups in total. The largest absolute Gasteiger partial charge is 0.347 e. The highest BCUT2D eigenvalue weighted by molar-refractivity contribution is 6.33. The molecule has 6 heteroatoms. The summed E-state index contributed by atoms with van der Waals surface area (Å²) in [7, 11) is 0. The fraction of sp³-hybridized carbons (Fsp3) is 0.533. The van der Waals surface area contributed by atoms with Crippen molar-refractivity contribution >= 4 is 23.2 Å². The molecular formula is C15H21ClN2O3. The third-order valence-corrected chi connectivity index (χ3v) is 3.13. The number of benzene rings is 1. The number of hydrogen-bond donors (Lipinski definition) is 1. The van der Waals surface area contributed by atoms with Crippen molar-refractivity contribution in [1.29, 1.82) is 0 Å². The second-order valence-corrected chi connectivity index (χ2v) is 7.41. The summed E-state index contributed by atoms with van der Waals surface area (Å²) in [6, 6.07) is 3.97. The van der Waals surface area contributed by atoms with Gasteiger partial charge in [-0.2, -0.15) is 0 Å². The molecular weight excluding hydrogens is 292 g/mol. The maximum atomic E-state index is 12.2. The van der Waals surface area contributed by atoms with Crippen LogP contribution in [0.1, 0.15) is 51.4 Å². The summed E-state index contributed by atoms with van der Waals surface area (Å²) in [5.74, 6) is -0.291. The molecule has 1 aromatic carbocycles. The standard InChI is InChI=1S/C15H21ClN2O3/c1-14(2,3)9-15(4,5)17-13(19)10-6-7-12(18(20)21)11(16)8-10/h6-8H,9H2,1-5H3,(H,17,19). The summed E-state index contributed by atoms with van der Waals surface area (Å²) in [6.07, 6.45) is 0.798. The first-order chi connectivity index (χ1) is 9.41. The summed E-state index contributed by atoms with van der Waals surface area (Å²) < 4.78 is 0. The summed E-state index contributed by atoms with van der Waals surface area (Å²) >= 11 is 5.82. The predicted octanol–water partition coefficient (Wildman–Crippen LogP) is 4.19. The van der Waals surface area contributed by atoms with E-state index in [1.807, 2.05) is 13.8 Å². The van der Waals surface area contributed by atoms with Crippen molar-refractivity contribution in [1.82, 2.24) is 5.32 Å². The lowest BCUT2D eigenvalue weighted by Crippen LogP contribution is -2.45. The number of amides is 1. The third-order valence-electron chi connectivity index (χ3n) is 2.83. The van der Waals surface area contributed by atoms with Gasteiger partial charge < -0.3 is 5.32 Å². The number of nitrogens with zero attached hydrogens (tertiary/aromatic N) is 1. The van der Waals surface area contributed by atoms with Gasteiger partial charge in [0.1, 0.15) is 5.02 Å². The number of nitro groups is 1. The molecule has 0 radical (unpaired) electrons. The van der Waals surface area contributed by atoms with Crippen LogP contribution in [0.15, 0.2) is 18.2 Å². The van der Waals surface area contributed by atoms with E-state index in [0.717, 1.165) is 6.42 Å². The molecule has 0 spiro atoms. The molecule has 0 aromatic heterocycles. The van der Waals surface area contributed by atoms with Gasteiger partial charge in [0.25, 0.3) is 11.6 Å². The van der Waals surface area contributed by atoms with E-state index in [1.54, 1.807) is 0 Å². The molecule has 1 rings (SSSR count). The minimum atomic E-state index is -0.576. The van der Waals surface area contributed by atoms with Gasteiger partial charge in [0.05, 0.1) is 4.92 Å². The van der Waals surface area contributed by atoms with Crippen LogP contribution >= 0.6 is 11.6 Å². The normalized spacial score (nSPS) is 12.1. The molecule has 0 fully saturated rings. The Morgan fingerprint density at radius 1 is 1.29 bits per heavy atom. The van der Waals surface area contributed by atoms with Crippen LogP contribution in [-0.4, -0.2) is 16.4 Å². The zero-order chi connectivity index (χ0) is 16.4. The Labute approximate surface area is 129 Å². The lowest BCUT2D eigenvalue weighted by molar-refractivity contribution is -0.384. The number of nitro benzene ring substituents is 1. The molecule has 0 bridgehead atoms. The zero-order valence-electron chi connectivity index (χ0n) is 13.0. The highest BCUT2D eigenvalue weighted by atomic mass is 35.5. The molecule has 1 aromatic rings. The molecule has 0 unspecified atom stereocenters. The van der Waals surface area contributed by atoms with Crippen molar-refractivity contribution < 1.29 is 9.72 Å². The van der Waals surface area contributed by atoms with Crippen LogP contribution in [0.3, 0.4) is 0 Å². The molecule has 0 aliphatic carbocycles. The molecule has 116 valence electrons. The molecule has 5 nitrogen and oxygen atoms in total. The first-order valence-electron chi connectivity index (χ1n) is 6.68. The lowest BCUT2D eigenvalue weighted by atomic mass is 9.81. The van der Waals surface area contributed by atoms with Crippen molar-refractivity contribution in [2.24, 2.45) is 5.41 Å². The van der Waals surface area contributed by atoms with Gasteiger partial charge in [0.15, 0.2) is 0 Å². The van der Waals surface area contributed by atoms with Crippen molar-refractivity contribution in [2.45, 2.75) is 46.6 Å². The molecule has 0 heterocycles. The Kier molecular flexibility index (Phi) is 4.99. The minimum Gasteiger partial charge on any atom is -0.347 e. The fourth-order valence-electron chi connectivity index (χ4n) is 2.55. The second kappa shape index (κ2) is 6.02. The Morgan fingerprint density at radius 2 is 1.86 bits per heavy atom. The van der Waals surface area contributed by atoms with E-state index in [2.05, 4.69) is 26.1 Å². The topological polar surface area (TPSA) is 72.2 Å². The number of carbonyl (C=O) groups excluding carboxylic acids is 1. The average Bonchev–Trinajstić information content (AvgIpc) is 2.23. The van der Waals surface area contributed by atoms with E-state index in [0.29, 0.717) is 5.56 Å². The number of rotatable bonds is 4. The summed E-state index contributed by atoms with van der Waals surface area (Å²) in [6.45, 7) is 10.2. The van der Waals surface area contributed by atoms with Crippen LogP contribution in [-0.2, 0) is 0 Å². The van der Waals surface area contributed by atoms with E-state index in [9.17, 15) is 14.9 Å². The van der Waals surface area contributed by atoms with Crippen LogP contribution in [0, 0.1) is 15.5 Å². The van der Waals surface area contributed by atoms with Gasteiger partial charge in [-0.1, -0.05) is 32.4 Å². The Hall–Kier alpha value is -1.62. The average molecular weight is 313 g/mol. The molecule has 0 saturated carbocycles. The Balaban J connectivity index is 2.90. The van der Waals surface area contributed by atoms with E-state index in [-0.39, 0.29) is 27.6 Å². The number of hydrogen-bond acceptors (Lipinski definition) is 3. The van der Waals surface area contributed by atoms with Gasteiger partial charge in [-0.15, -0.1) is 0 Å². The van der Waals surface area contributed by atoms with Gasteiger partial charge in [-0.05, 0) is 37.8 Å². The van der Waals surface area contributed by atoms with Gasteiger partial charge in [0.2, 0.25) is 0 Å². The van der Waals surface area contributed by atoms with E-state index >= 15 is 0 Å². The van der Waals surface area contributed by atoms with Crippen LogP contribution in [0.4, 0.5) is 5.69 Å². The zero-order valence-corrected chi connectivity index (χ0v) is 13.7. The maximum Gasteiger partial charge on any atom is 0.287 e. The molecule has 0 saturated heterocycles. The number of halogens is 1. The summed E-state index contributed by atoms with van der Waals surface area (Å²) in [4.78, 5) is 22.4. The molecule has 0 aliphatic heterocycles. The third kappa shape index (κ3) is 5.34. The Morgan fingerprint density at radius 3 is 2.29 bits per heavy atom. The number of nitrogens with one attached hydrogen (secondary N) is 1. The monoisotopic (exact) mass is 312 g/mol. The first kappa shape index (κ1) is 17.4. The van der Waals surface area contributed by atoms with E-state index in [4.69, 9.17) is 11.6 Å². The smallest absolute Gasteiger partial charge is 0.287 e. The highest BCUT2D eigenvalue weighted by Crippen LogP contribution is 2.28. The molecule has 21 heavy (non-hydrogen) atoms. The van der Waals surface area contributed by atoms with Gasteiger partial charge >= 0.3 is 0 Å². The van der Waals surface area contributed by atoms with Crippen LogP contribution in [0.5, 0.6) is 0 Å². The van der Waals surface area contributed by atoms with Crippen LogP contribution < -0.4 is 5.32 Å². The first-order valence-corrected chi connectivity index (χ1v) is 7.05. The van der Waals surface area contributed by atoms with Crippen LogP contribution in [0.2, 0.25) is 5.02 Å². The van der Waals surface area contributed by atoms with Crippen molar-refractivity contribution in [3.05, 3.63) is 38.9 Å². The van der Waals surface area contributed by atoms with Gasteiger partial charge in [0, 0.05) is 17.2 Å². The van der Waals surface area contributed by atoms with E-state index in [1.165, 1.54) is 18.2 Å². The van der Waals surface area contributed by atoms with Gasteiger partial charge in [-0.3, -0.25) is 14.9 Å². The molecule has 0 atom stereocenters. The van der Waals surface area contributed by atoms with Crippen molar-refractivity contribution in [3.63, 3.8) is 0 Å². The van der Waals surface area contributed by atoms with Crippen molar-refractivity contribution in [3.8, 4) is 0 Å². The Bertz CT molecular complexity index is 563. The lowest BCUT2D eigenvalue weighted by Gasteiger charge is -2.33.